The summed E-state index contributed by atoms with van der Waals surface area (Å²) in [5.41, 5.74) is 0.351. The summed E-state index contributed by atoms with van der Waals surface area (Å²) in [5, 5.41) is 8.82. The maximum atomic E-state index is 10.4. The van der Waals surface area contributed by atoms with E-state index in [1.807, 2.05) is 0 Å². The Labute approximate surface area is 89.2 Å². The highest BCUT2D eigenvalue weighted by molar-refractivity contribution is 6.42. The fraction of sp³-hybridized carbons (Fsp3) is 0.143. The van der Waals surface area contributed by atoms with Crippen LogP contribution in [-0.2, 0) is 11.2 Å². The van der Waals surface area contributed by atoms with Crippen molar-refractivity contribution >= 4 is 40.8 Å². The second-order valence-electron chi connectivity index (χ2n) is 2.28. The van der Waals surface area contributed by atoms with Gasteiger partial charge in [0.05, 0.1) is 11.4 Å². The van der Waals surface area contributed by atoms with Crippen molar-refractivity contribution in [3.05, 3.63) is 27.0 Å². The quantitative estimate of drug-likeness (QED) is 0.809. The molecule has 0 bridgehead atoms. The summed E-state index contributed by atoms with van der Waals surface area (Å²) in [5.74, 6) is -0.998. The van der Waals surface area contributed by atoms with Crippen molar-refractivity contribution in [2.75, 3.05) is 0 Å². The molecule has 0 fully saturated rings. The molecule has 0 aromatic carbocycles. The minimum atomic E-state index is -0.998. The molecule has 0 spiro atoms. The van der Waals surface area contributed by atoms with Crippen LogP contribution in [0, 0.1) is 0 Å². The molecule has 70 valence electrons. The van der Waals surface area contributed by atoms with Gasteiger partial charge in [0.1, 0.15) is 10.3 Å². The van der Waals surface area contributed by atoms with Gasteiger partial charge in [-0.2, -0.15) is 0 Å². The number of nitrogens with zero attached hydrogens (tertiary/aromatic N) is 1. The van der Waals surface area contributed by atoms with Gasteiger partial charge in [-0.1, -0.05) is 34.8 Å². The lowest BCUT2D eigenvalue weighted by molar-refractivity contribution is -0.136. The van der Waals surface area contributed by atoms with E-state index in [0.29, 0.717) is 5.56 Å². The molecule has 0 saturated carbocycles. The van der Waals surface area contributed by atoms with E-state index in [2.05, 4.69) is 4.98 Å². The first kappa shape index (κ1) is 10.6. The van der Waals surface area contributed by atoms with E-state index in [0.717, 1.165) is 0 Å². The van der Waals surface area contributed by atoms with Gasteiger partial charge in [0.2, 0.25) is 0 Å². The molecule has 13 heavy (non-hydrogen) atoms. The number of carboxylic acids is 1. The van der Waals surface area contributed by atoms with E-state index in [4.69, 9.17) is 39.9 Å². The van der Waals surface area contributed by atoms with Crippen molar-refractivity contribution in [2.45, 2.75) is 6.42 Å². The van der Waals surface area contributed by atoms with Crippen molar-refractivity contribution in [1.82, 2.24) is 4.98 Å². The Bertz CT molecular complexity index is 354. The number of halogens is 3. The topological polar surface area (TPSA) is 50.2 Å². The number of aliphatic carboxylic acids is 1. The summed E-state index contributed by atoms with van der Waals surface area (Å²) in [6, 6.07) is 1.40. The van der Waals surface area contributed by atoms with Crippen LogP contribution in [0.25, 0.3) is 0 Å². The largest absolute Gasteiger partial charge is 0.481 e. The molecule has 0 saturated heterocycles. The molecule has 3 nitrogen and oxygen atoms in total. The third-order valence-corrected chi connectivity index (χ3v) is 2.30. The average Bonchev–Trinajstić information content (AvgIpc) is 1.99. The molecular formula is C7H4Cl3NO2. The summed E-state index contributed by atoms with van der Waals surface area (Å²) >= 11 is 16.8. The lowest BCUT2D eigenvalue weighted by Gasteiger charge is -2.01. The monoisotopic (exact) mass is 239 g/mol. The molecule has 6 heteroatoms. The van der Waals surface area contributed by atoms with Gasteiger partial charge in [-0.3, -0.25) is 4.79 Å². The lowest BCUT2D eigenvalue weighted by atomic mass is 10.2. The van der Waals surface area contributed by atoms with E-state index in [-0.39, 0.29) is 21.7 Å². The van der Waals surface area contributed by atoms with Crippen LogP contribution in [0.3, 0.4) is 0 Å². The smallest absolute Gasteiger partial charge is 0.307 e. The Kier molecular flexibility index (Phi) is 3.36. The number of hydrogen-bond donors (Lipinski definition) is 1. The van der Waals surface area contributed by atoms with E-state index in [1.165, 1.54) is 6.07 Å². The number of rotatable bonds is 2. The van der Waals surface area contributed by atoms with E-state index >= 15 is 0 Å². The molecule has 1 aromatic rings. The van der Waals surface area contributed by atoms with Gasteiger partial charge in [0.15, 0.2) is 0 Å². The summed E-state index contributed by atoms with van der Waals surface area (Å²) in [4.78, 5) is 14.0. The normalized spacial score (nSPS) is 10.1. The van der Waals surface area contributed by atoms with Crippen LogP contribution in [0.2, 0.25) is 15.3 Å². The van der Waals surface area contributed by atoms with Crippen molar-refractivity contribution < 1.29 is 9.90 Å². The van der Waals surface area contributed by atoms with Crippen molar-refractivity contribution in [1.29, 1.82) is 0 Å². The van der Waals surface area contributed by atoms with Crippen LogP contribution >= 0.6 is 34.8 Å². The summed E-state index contributed by atoms with van der Waals surface area (Å²) in [6.45, 7) is 0. The standard InChI is InChI=1S/C7H4Cl3NO2/c8-4-1-3(2-5(12)13)6(9)11-7(4)10/h1H,2H2,(H,12,13). The molecule has 0 aliphatic heterocycles. The minimum Gasteiger partial charge on any atom is -0.481 e. The first-order valence-corrected chi connectivity index (χ1v) is 4.36. The first-order chi connectivity index (χ1) is 6.00. The lowest BCUT2D eigenvalue weighted by Crippen LogP contribution is -2.01. The van der Waals surface area contributed by atoms with Crippen LogP contribution in [0.5, 0.6) is 0 Å². The zero-order valence-electron chi connectivity index (χ0n) is 6.22. The molecular weight excluding hydrogens is 236 g/mol. The molecule has 0 aliphatic carbocycles. The second-order valence-corrected chi connectivity index (χ2v) is 3.40. The zero-order valence-corrected chi connectivity index (χ0v) is 8.49. The van der Waals surface area contributed by atoms with Gasteiger partial charge in [-0.05, 0) is 6.07 Å². The minimum absolute atomic E-state index is 0.0665. The fourth-order valence-corrected chi connectivity index (χ4v) is 1.33. The Morgan fingerprint density at radius 2 is 2.00 bits per heavy atom. The second kappa shape index (κ2) is 4.13. The molecule has 0 amide bonds. The van der Waals surface area contributed by atoms with Gasteiger partial charge in [0, 0.05) is 5.56 Å². The number of aromatic nitrogens is 1. The van der Waals surface area contributed by atoms with Gasteiger partial charge in [0.25, 0.3) is 0 Å². The maximum Gasteiger partial charge on any atom is 0.307 e. The molecule has 0 unspecified atom stereocenters. The van der Waals surface area contributed by atoms with Gasteiger partial charge in [-0.15, -0.1) is 0 Å². The highest BCUT2D eigenvalue weighted by Crippen LogP contribution is 2.25. The van der Waals surface area contributed by atoms with Crippen molar-refractivity contribution in [3.8, 4) is 0 Å². The molecule has 1 N–H and O–H groups in total. The Morgan fingerprint density at radius 1 is 1.38 bits per heavy atom. The third-order valence-electron chi connectivity index (χ3n) is 1.30. The number of hydrogen-bond acceptors (Lipinski definition) is 2. The molecule has 1 aromatic heterocycles. The first-order valence-electron chi connectivity index (χ1n) is 3.23. The predicted molar refractivity (Wildman–Crippen MR) is 50.6 cm³/mol. The summed E-state index contributed by atoms with van der Waals surface area (Å²) in [7, 11) is 0. The Balaban J connectivity index is 3.08. The summed E-state index contributed by atoms with van der Waals surface area (Å²) in [6.07, 6.45) is -0.220. The highest BCUT2D eigenvalue weighted by Gasteiger charge is 2.10. The molecule has 1 rings (SSSR count). The Hall–Kier alpha value is -0.510. The van der Waals surface area contributed by atoms with Gasteiger partial charge in [-0.25, -0.2) is 4.98 Å². The zero-order chi connectivity index (χ0) is 10.0. The summed E-state index contributed by atoms with van der Waals surface area (Å²) < 4.78 is 0. The predicted octanol–water partition coefficient (Wildman–Crippen LogP) is 2.67. The SMILES string of the molecule is O=C(O)Cc1cc(Cl)c(Cl)nc1Cl. The van der Waals surface area contributed by atoms with Crippen LogP contribution in [0.1, 0.15) is 5.56 Å². The van der Waals surface area contributed by atoms with Gasteiger partial charge >= 0.3 is 5.97 Å². The highest BCUT2D eigenvalue weighted by atomic mass is 35.5. The van der Waals surface area contributed by atoms with Crippen LogP contribution < -0.4 is 0 Å². The number of carboxylic acid groups (broad SMARTS) is 1. The molecule has 0 aliphatic rings. The average molecular weight is 240 g/mol. The van der Waals surface area contributed by atoms with E-state index in [9.17, 15) is 4.79 Å². The number of pyridine rings is 1. The van der Waals surface area contributed by atoms with Crippen LogP contribution in [-0.4, -0.2) is 16.1 Å². The molecule has 0 radical (unpaired) electrons. The van der Waals surface area contributed by atoms with Gasteiger partial charge < -0.3 is 5.11 Å². The fourth-order valence-electron chi connectivity index (χ4n) is 0.770. The number of carbonyl (C=O) groups is 1. The third kappa shape index (κ3) is 2.72. The molecule has 1 heterocycles. The molecule has 0 atom stereocenters. The van der Waals surface area contributed by atoms with E-state index < -0.39 is 5.97 Å². The van der Waals surface area contributed by atoms with E-state index in [1.54, 1.807) is 0 Å². The van der Waals surface area contributed by atoms with Crippen LogP contribution in [0.4, 0.5) is 0 Å². The Morgan fingerprint density at radius 3 is 2.54 bits per heavy atom. The maximum absolute atomic E-state index is 10.4. The van der Waals surface area contributed by atoms with Crippen LogP contribution in [0.15, 0.2) is 6.07 Å². The van der Waals surface area contributed by atoms with Crippen molar-refractivity contribution in [2.24, 2.45) is 0 Å². The van der Waals surface area contributed by atoms with Crippen molar-refractivity contribution in [3.63, 3.8) is 0 Å².